The number of rotatable bonds is 2. The molecule has 0 bridgehead atoms. The van der Waals surface area contributed by atoms with E-state index in [1.54, 1.807) is 0 Å². The SMILES string of the molecule is C=C1c2cc(-c3ccc(C(C)(C)C)cc3)ccc2-c2ccc(-c3ccc(C(C)(C)C)cc3)cc21. The fourth-order valence-corrected chi connectivity index (χ4v) is 4.89. The maximum Gasteiger partial charge on any atom is -0.00987 e. The Hall–Kier alpha value is -3.38. The summed E-state index contributed by atoms with van der Waals surface area (Å²) in [6.45, 7) is 18.0. The van der Waals surface area contributed by atoms with E-state index < -0.39 is 0 Å². The van der Waals surface area contributed by atoms with E-state index in [0.29, 0.717) is 0 Å². The Balaban J connectivity index is 1.47. The van der Waals surface area contributed by atoms with Gasteiger partial charge in [-0.1, -0.05) is 121 Å². The first kappa shape index (κ1) is 22.4. The molecular formula is C34H34. The van der Waals surface area contributed by atoms with Crippen LogP contribution in [0, 0.1) is 0 Å². The molecule has 4 aromatic carbocycles. The van der Waals surface area contributed by atoms with Gasteiger partial charge in [0, 0.05) is 0 Å². The lowest BCUT2D eigenvalue weighted by molar-refractivity contribution is 0.590. The molecule has 34 heavy (non-hydrogen) atoms. The van der Waals surface area contributed by atoms with Crippen molar-refractivity contribution in [3.8, 4) is 33.4 Å². The van der Waals surface area contributed by atoms with Crippen molar-refractivity contribution in [2.24, 2.45) is 0 Å². The van der Waals surface area contributed by atoms with Gasteiger partial charge < -0.3 is 0 Å². The van der Waals surface area contributed by atoms with E-state index in [1.165, 1.54) is 55.6 Å². The third-order valence-electron chi connectivity index (χ3n) is 7.15. The van der Waals surface area contributed by atoms with Crippen molar-refractivity contribution in [1.82, 2.24) is 0 Å². The van der Waals surface area contributed by atoms with Crippen LogP contribution in [0.1, 0.15) is 63.8 Å². The van der Waals surface area contributed by atoms with Gasteiger partial charge in [0.1, 0.15) is 0 Å². The maximum atomic E-state index is 4.50. The van der Waals surface area contributed by atoms with E-state index in [-0.39, 0.29) is 10.8 Å². The summed E-state index contributed by atoms with van der Waals surface area (Å²) in [6.07, 6.45) is 0. The Labute approximate surface area is 205 Å². The van der Waals surface area contributed by atoms with Crippen LogP contribution >= 0.6 is 0 Å². The van der Waals surface area contributed by atoms with Gasteiger partial charge in [-0.25, -0.2) is 0 Å². The van der Waals surface area contributed by atoms with E-state index in [0.717, 1.165) is 5.57 Å². The summed E-state index contributed by atoms with van der Waals surface area (Å²) in [5.74, 6) is 0. The van der Waals surface area contributed by atoms with Crippen molar-refractivity contribution in [1.29, 1.82) is 0 Å². The van der Waals surface area contributed by atoms with Crippen LogP contribution in [-0.4, -0.2) is 0 Å². The number of hydrogen-bond acceptors (Lipinski definition) is 0. The van der Waals surface area contributed by atoms with Gasteiger partial charge in [-0.15, -0.1) is 0 Å². The Bertz CT molecular complexity index is 1270. The second-order valence-corrected chi connectivity index (χ2v) is 11.7. The van der Waals surface area contributed by atoms with Crippen molar-refractivity contribution >= 4 is 5.57 Å². The standard InChI is InChI=1S/C34H34/c1-22-31-20-25(23-8-14-27(15-9-23)33(2,3)4)12-18-29(31)30-19-13-26(21-32(22)30)24-10-16-28(17-11-24)34(5,6)7/h8-21H,1H2,2-7H3. The summed E-state index contributed by atoms with van der Waals surface area (Å²) in [7, 11) is 0. The van der Waals surface area contributed by atoms with Crippen LogP contribution in [0.15, 0.2) is 91.5 Å². The third-order valence-corrected chi connectivity index (χ3v) is 7.15. The maximum absolute atomic E-state index is 4.50. The van der Waals surface area contributed by atoms with Crippen molar-refractivity contribution < 1.29 is 0 Å². The highest BCUT2D eigenvalue weighted by Crippen LogP contribution is 2.46. The highest BCUT2D eigenvalue weighted by molar-refractivity contribution is 6.02. The average Bonchev–Trinajstić information content (AvgIpc) is 3.09. The molecule has 1 aliphatic carbocycles. The molecule has 0 saturated heterocycles. The van der Waals surface area contributed by atoms with Crippen molar-refractivity contribution in [3.05, 3.63) is 114 Å². The van der Waals surface area contributed by atoms with E-state index in [4.69, 9.17) is 0 Å². The summed E-state index contributed by atoms with van der Waals surface area (Å²) in [4.78, 5) is 0. The predicted octanol–water partition coefficient (Wildman–Crippen LogP) is 9.66. The molecule has 1 aliphatic rings. The Morgan fingerprint density at radius 1 is 0.412 bits per heavy atom. The monoisotopic (exact) mass is 442 g/mol. The largest absolute Gasteiger partial charge is 0.0905 e. The normalized spacial score (nSPS) is 13.1. The Kier molecular flexibility index (Phi) is 5.17. The lowest BCUT2D eigenvalue weighted by Gasteiger charge is -2.19. The topological polar surface area (TPSA) is 0 Å². The zero-order valence-corrected chi connectivity index (χ0v) is 21.3. The van der Waals surface area contributed by atoms with Crippen molar-refractivity contribution in [3.63, 3.8) is 0 Å². The number of benzene rings is 4. The molecule has 0 fully saturated rings. The molecule has 0 aliphatic heterocycles. The smallest absolute Gasteiger partial charge is 0.00987 e. The molecule has 0 unspecified atom stereocenters. The molecule has 4 aromatic rings. The molecule has 5 rings (SSSR count). The van der Waals surface area contributed by atoms with Crippen LogP contribution in [-0.2, 0) is 10.8 Å². The first-order chi connectivity index (χ1) is 16.0. The molecule has 0 radical (unpaired) electrons. The van der Waals surface area contributed by atoms with Crippen molar-refractivity contribution in [2.45, 2.75) is 52.4 Å². The highest BCUT2D eigenvalue weighted by Gasteiger charge is 2.23. The van der Waals surface area contributed by atoms with Gasteiger partial charge in [-0.05, 0) is 84.2 Å². The minimum atomic E-state index is 0.164. The molecule has 0 saturated carbocycles. The molecule has 0 spiro atoms. The lowest BCUT2D eigenvalue weighted by Crippen LogP contribution is -2.10. The van der Waals surface area contributed by atoms with E-state index in [2.05, 4.69) is 133 Å². The fraction of sp³-hybridized carbons (Fsp3) is 0.235. The van der Waals surface area contributed by atoms with Gasteiger partial charge in [0.25, 0.3) is 0 Å². The van der Waals surface area contributed by atoms with Gasteiger partial charge in [-0.2, -0.15) is 0 Å². The molecule has 0 heterocycles. The summed E-state index contributed by atoms with van der Waals surface area (Å²) in [6, 6.07) is 31.6. The van der Waals surface area contributed by atoms with Gasteiger partial charge in [0.2, 0.25) is 0 Å². The lowest BCUT2D eigenvalue weighted by atomic mass is 9.86. The molecule has 0 N–H and O–H groups in total. The molecule has 0 nitrogen and oxygen atoms in total. The molecule has 170 valence electrons. The van der Waals surface area contributed by atoms with Gasteiger partial charge >= 0.3 is 0 Å². The summed E-state index contributed by atoms with van der Waals surface area (Å²) in [5.41, 5.74) is 14.2. The predicted molar refractivity (Wildman–Crippen MR) is 148 cm³/mol. The summed E-state index contributed by atoms with van der Waals surface area (Å²) in [5, 5.41) is 0. The fourth-order valence-electron chi connectivity index (χ4n) is 4.89. The van der Waals surface area contributed by atoms with Gasteiger partial charge in [-0.3, -0.25) is 0 Å². The second kappa shape index (κ2) is 7.84. The number of fused-ring (bicyclic) bond motifs is 3. The molecule has 0 aromatic heterocycles. The highest BCUT2D eigenvalue weighted by atomic mass is 14.3. The van der Waals surface area contributed by atoms with Crippen LogP contribution in [0.4, 0.5) is 0 Å². The van der Waals surface area contributed by atoms with Crippen LogP contribution in [0.25, 0.3) is 39.0 Å². The molecule has 0 amide bonds. The molecule has 0 heteroatoms. The van der Waals surface area contributed by atoms with Crippen LogP contribution in [0.3, 0.4) is 0 Å². The van der Waals surface area contributed by atoms with E-state index in [9.17, 15) is 0 Å². The van der Waals surface area contributed by atoms with Crippen molar-refractivity contribution in [2.75, 3.05) is 0 Å². The Morgan fingerprint density at radius 2 is 0.735 bits per heavy atom. The number of hydrogen-bond donors (Lipinski definition) is 0. The zero-order chi connectivity index (χ0) is 24.3. The minimum absolute atomic E-state index is 0.164. The summed E-state index contributed by atoms with van der Waals surface area (Å²) >= 11 is 0. The average molecular weight is 443 g/mol. The van der Waals surface area contributed by atoms with Gasteiger partial charge in [0.15, 0.2) is 0 Å². The van der Waals surface area contributed by atoms with E-state index >= 15 is 0 Å². The third kappa shape index (κ3) is 3.92. The second-order valence-electron chi connectivity index (χ2n) is 11.7. The Morgan fingerprint density at radius 3 is 1.06 bits per heavy atom. The molecule has 0 atom stereocenters. The minimum Gasteiger partial charge on any atom is -0.0905 e. The summed E-state index contributed by atoms with van der Waals surface area (Å²) < 4.78 is 0. The zero-order valence-electron chi connectivity index (χ0n) is 21.3. The first-order valence-electron chi connectivity index (χ1n) is 12.2. The van der Waals surface area contributed by atoms with Crippen LogP contribution in [0.2, 0.25) is 0 Å². The molecular weight excluding hydrogens is 408 g/mol. The van der Waals surface area contributed by atoms with Gasteiger partial charge in [0.05, 0.1) is 0 Å². The van der Waals surface area contributed by atoms with Crippen LogP contribution in [0.5, 0.6) is 0 Å². The first-order valence-corrected chi connectivity index (χ1v) is 12.2. The van der Waals surface area contributed by atoms with E-state index in [1.807, 2.05) is 0 Å². The quantitative estimate of drug-likeness (QED) is 0.255. The van der Waals surface area contributed by atoms with Crippen LogP contribution < -0.4 is 0 Å².